The van der Waals surface area contributed by atoms with Gasteiger partial charge in [0.25, 0.3) is 5.91 Å². The monoisotopic (exact) mass is 319 g/mol. The number of carbonyl (C=O) groups excluding carboxylic acids is 1. The van der Waals surface area contributed by atoms with Crippen molar-refractivity contribution in [2.45, 2.75) is 13.0 Å². The zero-order chi connectivity index (χ0) is 14.9. The number of H-pyrrole nitrogens is 1. The van der Waals surface area contributed by atoms with E-state index in [4.69, 9.17) is 28.3 Å². The van der Waals surface area contributed by atoms with E-state index in [0.717, 1.165) is 0 Å². The van der Waals surface area contributed by atoms with Crippen LogP contribution in [0.25, 0.3) is 0 Å². The van der Waals surface area contributed by atoms with Crippen LogP contribution in [0, 0.1) is 0 Å². The third-order valence-corrected chi connectivity index (χ3v) is 4.16. The summed E-state index contributed by atoms with van der Waals surface area (Å²) in [6, 6.07) is 0.958. The van der Waals surface area contributed by atoms with Crippen LogP contribution in [0.1, 0.15) is 17.4 Å². The highest BCUT2D eigenvalue weighted by atomic mass is 35.5. The fourth-order valence-corrected chi connectivity index (χ4v) is 2.47. The Kier molecular flexibility index (Phi) is 4.57. The van der Waals surface area contributed by atoms with Gasteiger partial charge in [0.05, 0.1) is 5.02 Å². The summed E-state index contributed by atoms with van der Waals surface area (Å²) in [5.74, 6) is -1.03. The van der Waals surface area contributed by atoms with Crippen molar-refractivity contribution in [3.8, 4) is 0 Å². The molecule has 20 heavy (non-hydrogen) atoms. The van der Waals surface area contributed by atoms with E-state index in [-0.39, 0.29) is 11.1 Å². The number of halogens is 2. The Balaban J connectivity index is 1.97. The third-order valence-electron chi connectivity index (χ3n) is 3.46. The van der Waals surface area contributed by atoms with Crippen molar-refractivity contribution >= 4 is 35.1 Å². The smallest absolute Gasteiger partial charge is 0.320 e. The number of aliphatic carboxylic acids is 1. The molecule has 0 aliphatic carbocycles. The number of hydrogen-bond acceptors (Lipinski definition) is 3. The van der Waals surface area contributed by atoms with E-state index in [1.807, 2.05) is 4.90 Å². The lowest BCUT2D eigenvalue weighted by atomic mass is 10.2. The minimum absolute atomic E-state index is 0.179. The van der Waals surface area contributed by atoms with Crippen LogP contribution in [0.2, 0.25) is 10.2 Å². The fraction of sp³-hybridized carbons (Fsp3) is 0.500. The minimum atomic E-state index is -0.854. The maximum Gasteiger partial charge on any atom is 0.320 e. The number of hydrogen-bond donors (Lipinski definition) is 2. The van der Waals surface area contributed by atoms with Crippen LogP contribution in [-0.4, -0.2) is 64.0 Å². The molecule has 6 nitrogen and oxygen atoms in total. The highest BCUT2D eigenvalue weighted by molar-refractivity contribution is 6.41. The normalized spacial score (nSPS) is 18.1. The van der Waals surface area contributed by atoms with Gasteiger partial charge in [-0.05, 0) is 13.0 Å². The largest absolute Gasteiger partial charge is 0.480 e. The molecule has 110 valence electrons. The number of amides is 1. The predicted molar refractivity (Wildman–Crippen MR) is 75.4 cm³/mol. The second kappa shape index (κ2) is 6.03. The molecule has 0 saturated carbocycles. The van der Waals surface area contributed by atoms with E-state index in [1.54, 1.807) is 11.8 Å². The van der Waals surface area contributed by atoms with Gasteiger partial charge in [-0.3, -0.25) is 14.5 Å². The van der Waals surface area contributed by atoms with Gasteiger partial charge in [0, 0.05) is 26.2 Å². The van der Waals surface area contributed by atoms with Gasteiger partial charge in [-0.1, -0.05) is 23.2 Å². The highest BCUT2D eigenvalue weighted by Crippen LogP contribution is 2.23. The summed E-state index contributed by atoms with van der Waals surface area (Å²) in [4.78, 5) is 29.4. The molecule has 0 bridgehead atoms. The van der Waals surface area contributed by atoms with Crippen LogP contribution < -0.4 is 0 Å². The Morgan fingerprint density at radius 3 is 2.35 bits per heavy atom. The van der Waals surface area contributed by atoms with Crippen LogP contribution in [0.4, 0.5) is 0 Å². The van der Waals surface area contributed by atoms with Crippen molar-refractivity contribution in [2.75, 3.05) is 26.2 Å². The molecular weight excluding hydrogens is 305 g/mol. The summed E-state index contributed by atoms with van der Waals surface area (Å²) in [5, 5.41) is 9.52. The molecule has 0 spiro atoms. The summed E-state index contributed by atoms with van der Waals surface area (Å²) < 4.78 is 0. The number of rotatable bonds is 3. The Labute approximate surface area is 126 Å². The molecule has 2 N–H and O–H groups in total. The van der Waals surface area contributed by atoms with Gasteiger partial charge in [-0.15, -0.1) is 0 Å². The molecule has 1 saturated heterocycles. The lowest BCUT2D eigenvalue weighted by Crippen LogP contribution is -2.53. The average Bonchev–Trinajstić information content (AvgIpc) is 2.77. The van der Waals surface area contributed by atoms with Crippen molar-refractivity contribution < 1.29 is 14.7 Å². The number of nitrogens with zero attached hydrogens (tertiary/aromatic N) is 2. The molecule has 1 atom stereocenters. The van der Waals surface area contributed by atoms with Crippen molar-refractivity contribution in [2.24, 2.45) is 0 Å². The summed E-state index contributed by atoms with van der Waals surface area (Å²) in [6.07, 6.45) is 0. The zero-order valence-electron chi connectivity index (χ0n) is 10.9. The Hall–Kier alpha value is -1.24. The molecule has 0 radical (unpaired) electrons. The standard InChI is InChI=1S/C12H15Cl2N3O3/c1-7(12(19)20)16-2-4-17(5-3-16)11(18)9-6-8(13)10(14)15-9/h6-7,15H,2-5H2,1H3,(H,19,20). The van der Waals surface area contributed by atoms with Gasteiger partial charge in [-0.2, -0.15) is 0 Å². The van der Waals surface area contributed by atoms with Crippen LogP contribution in [0.15, 0.2) is 6.07 Å². The average molecular weight is 320 g/mol. The first-order chi connectivity index (χ1) is 9.40. The first-order valence-electron chi connectivity index (χ1n) is 6.20. The van der Waals surface area contributed by atoms with Gasteiger partial charge in [0.2, 0.25) is 0 Å². The fourth-order valence-electron chi connectivity index (χ4n) is 2.16. The molecule has 1 unspecified atom stereocenters. The van der Waals surface area contributed by atoms with E-state index < -0.39 is 12.0 Å². The lowest BCUT2D eigenvalue weighted by molar-refractivity contribution is -0.143. The molecule has 1 aliphatic heterocycles. The predicted octanol–water partition coefficient (Wildman–Crippen LogP) is 1.55. The van der Waals surface area contributed by atoms with Crippen molar-refractivity contribution in [1.82, 2.24) is 14.8 Å². The van der Waals surface area contributed by atoms with Crippen LogP contribution in [0.5, 0.6) is 0 Å². The highest BCUT2D eigenvalue weighted by Gasteiger charge is 2.28. The lowest BCUT2D eigenvalue weighted by Gasteiger charge is -2.36. The Morgan fingerprint density at radius 1 is 1.30 bits per heavy atom. The maximum absolute atomic E-state index is 12.2. The number of aromatic nitrogens is 1. The second-order valence-corrected chi connectivity index (χ2v) is 5.47. The van der Waals surface area contributed by atoms with Gasteiger partial charge in [0.1, 0.15) is 16.9 Å². The molecule has 1 aliphatic rings. The van der Waals surface area contributed by atoms with Gasteiger partial charge in [0.15, 0.2) is 0 Å². The SMILES string of the molecule is CC(C(=O)O)N1CCN(C(=O)c2cc(Cl)c(Cl)[nH]2)CC1. The molecule has 2 rings (SSSR count). The Morgan fingerprint density at radius 2 is 1.90 bits per heavy atom. The quantitative estimate of drug-likeness (QED) is 0.886. The summed E-state index contributed by atoms with van der Waals surface area (Å²) in [5.41, 5.74) is 0.347. The van der Waals surface area contributed by atoms with Gasteiger partial charge in [-0.25, -0.2) is 0 Å². The van der Waals surface area contributed by atoms with Crippen molar-refractivity contribution in [3.63, 3.8) is 0 Å². The maximum atomic E-state index is 12.2. The second-order valence-electron chi connectivity index (χ2n) is 4.69. The van der Waals surface area contributed by atoms with Crippen LogP contribution >= 0.6 is 23.2 Å². The van der Waals surface area contributed by atoms with E-state index in [1.165, 1.54) is 6.07 Å². The van der Waals surface area contributed by atoms with E-state index in [0.29, 0.717) is 36.9 Å². The number of nitrogens with one attached hydrogen (secondary N) is 1. The zero-order valence-corrected chi connectivity index (χ0v) is 12.4. The molecule has 1 aromatic heterocycles. The molecular formula is C12H15Cl2N3O3. The van der Waals surface area contributed by atoms with Gasteiger partial charge < -0.3 is 15.0 Å². The number of aromatic amines is 1. The van der Waals surface area contributed by atoms with Crippen molar-refractivity contribution in [1.29, 1.82) is 0 Å². The van der Waals surface area contributed by atoms with Crippen molar-refractivity contribution in [3.05, 3.63) is 21.9 Å². The number of carboxylic acid groups (broad SMARTS) is 1. The van der Waals surface area contributed by atoms with E-state index in [2.05, 4.69) is 4.98 Å². The van der Waals surface area contributed by atoms with Gasteiger partial charge >= 0.3 is 5.97 Å². The molecule has 1 aromatic rings. The summed E-state index contributed by atoms with van der Waals surface area (Å²) in [7, 11) is 0. The summed E-state index contributed by atoms with van der Waals surface area (Å²) >= 11 is 11.6. The first kappa shape index (κ1) is 15.2. The topological polar surface area (TPSA) is 76.6 Å². The molecule has 8 heteroatoms. The molecule has 0 aromatic carbocycles. The minimum Gasteiger partial charge on any atom is -0.480 e. The van der Waals surface area contributed by atoms with E-state index in [9.17, 15) is 9.59 Å². The molecule has 1 amide bonds. The number of piperazine rings is 1. The van der Waals surface area contributed by atoms with E-state index >= 15 is 0 Å². The number of carboxylic acids is 1. The number of carbonyl (C=O) groups is 2. The molecule has 2 heterocycles. The first-order valence-corrected chi connectivity index (χ1v) is 6.96. The Bertz CT molecular complexity index is 505. The van der Waals surface area contributed by atoms with Crippen LogP contribution in [0.3, 0.4) is 0 Å². The van der Waals surface area contributed by atoms with Crippen LogP contribution in [-0.2, 0) is 4.79 Å². The third kappa shape index (κ3) is 3.08. The molecule has 1 fully saturated rings. The summed E-state index contributed by atoms with van der Waals surface area (Å²) in [6.45, 7) is 3.66.